The highest BCUT2D eigenvalue weighted by Crippen LogP contribution is 2.29. The minimum absolute atomic E-state index is 0.197. The fourth-order valence-electron chi connectivity index (χ4n) is 2.71. The number of nitrogens with one attached hydrogen (secondary N) is 1. The molecule has 0 saturated carbocycles. The summed E-state index contributed by atoms with van der Waals surface area (Å²) in [6, 6.07) is 11.4. The number of hydrogen-bond donors (Lipinski definition) is 1. The molecular weight excluding hydrogens is 218 g/mol. The first kappa shape index (κ1) is 15.2. The molecule has 1 nitrogen and oxygen atoms in total. The zero-order valence-corrected chi connectivity index (χ0v) is 12.5. The van der Waals surface area contributed by atoms with Crippen molar-refractivity contribution in [2.24, 2.45) is 0 Å². The van der Waals surface area contributed by atoms with Crippen molar-refractivity contribution in [3.05, 3.63) is 35.9 Å². The third-order valence-corrected chi connectivity index (χ3v) is 4.08. The van der Waals surface area contributed by atoms with Crippen molar-refractivity contribution in [1.29, 1.82) is 0 Å². The van der Waals surface area contributed by atoms with Crippen LogP contribution in [0.1, 0.15) is 58.4 Å². The Morgan fingerprint density at radius 3 is 2.28 bits per heavy atom. The van der Waals surface area contributed by atoms with Gasteiger partial charge in [-0.1, -0.05) is 76.8 Å². The zero-order chi connectivity index (χ0) is 13.4. The van der Waals surface area contributed by atoms with Crippen molar-refractivity contribution in [2.75, 3.05) is 7.05 Å². The number of hydrogen-bond acceptors (Lipinski definition) is 1. The lowest BCUT2D eigenvalue weighted by Crippen LogP contribution is -2.43. The summed E-state index contributed by atoms with van der Waals surface area (Å²) in [5.41, 5.74) is 1.63. The highest BCUT2D eigenvalue weighted by molar-refractivity contribution is 5.25. The third kappa shape index (κ3) is 4.13. The van der Waals surface area contributed by atoms with Gasteiger partial charge in [-0.25, -0.2) is 0 Å². The van der Waals surface area contributed by atoms with E-state index in [1.54, 1.807) is 0 Å². The van der Waals surface area contributed by atoms with Gasteiger partial charge in [-0.05, 0) is 19.0 Å². The van der Waals surface area contributed by atoms with Crippen LogP contribution in [0.5, 0.6) is 0 Å². The molecule has 0 heterocycles. The first-order valence-electron chi connectivity index (χ1n) is 7.35. The van der Waals surface area contributed by atoms with Crippen molar-refractivity contribution in [3.8, 4) is 0 Å². The Kier molecular flexibility index (Phi) is 6.42. The maximum Gasteiger partial charge on any atom is 0.0156 e. The van der Waals surface area contributed by atoms with Crippen molar-refractivity contribution < 1.29 is 0 Å². The summed E-state index contributed by atoms with van der Waals surface area (Å²) in [5.74, 6) is 0. The number of benzene rings is 1. The molecule has 0 spiro atoms. The van der Waals surface area contributed by atoms with Gasteiger partial charge in [0.2, 0.25) is 0 Å². The van der Waals surface area contributed by atoms with Crippen LogP contribution in [0.4, 0.5) is 0 Å². The largest absolute Gasteiger partial charge is 0.316 e. The van der Waals surface area contributed by atoms with E-state index in [-0.39, 0.29) is 5.41 Å². The number of likely N-dealkylation sites (N-methyl/N-ethyl adjacent to an activating group) is 1. The van der Waals surface area contributed by atoms with Crippen LogP contribution in [-0.4, -0.2) is 13.1 Å². The molecule has 1 atom stereocenters. The molecule has 1 N–H and O–H groups in total. The molecule has 0 saturated heterocycles. The second-order valence-electron chi connectivity index (χ2n) is 5.78. The Morgan fingerprint density at radius 1 is 1.06 bits per heavy atom. The third-order valence-electron chi connectivity index (χ3n) is 4.08. The van der Waals surface area contributed by atoms with E-state index in [2.05, 4.69) is 63.5 Å². The molecule has 0 aliphatic rings. The van der Waals surface area contributed by atoms with Crippen molar-refractivity contribution >= 4 is 0 Å². The molecule has 1 rings (SSSR count). The van der Waals surface area contributed by atoms with E-state index in [0.29, 0.717) is 6.04 Å². The van der Waals surface area contributed by atoms with Crippen molar-refractivity contribution in [1.82, 2.24) is 5.32 Å². The molecule has 0 aliphatic heterocycles. The first-order chi connectivity index (χ1) is 8.62. The van der Waals surface area contributed by atoms with Gasteiger partial charge in [-0.15, -0.1) is 0 Å². The maximum absolute atomic E-state index is 3.52. The molecule has 1 heteroatoms. The minimum Gasteiger partial charge on any atom is -0.316 e. The van der Waals surface area contributed by atoms with E-state index in [0.717, 1.165) is 0 Å². The van der Waals surface area contributed by atoms with Gasteiger partial charge in [0.25, 0.3) is 0 Å². The molecule has 0 aliphatic carbocycles. The van der Waals surface area contributed by atoms with E-state index in [4.69, 9.17) is 0 Å². The topological polar surface area (TPSA) is 12.0 Å². The van der Waals surface area contributed by atoms with Crippen LogP contribution in [0.2, 0.25) is 0 Å². The molecular formula is C17H29N. The normalized spacial score (nSPS) is 13.6. The SMILES string of the molecule is CCCCCCC(NC)C(C)(C)c1ccccc1. The van der Waals surface area contributed by atoms with Crippen molar-refractivity contribution in [3.63, 3.8) is 0 Å². The Labute approximate surface area is 113 Å². The Hall–Kier alpha value is -0.820. The minimum atomic E-state index is 0.197. The quantitative estimate of drug-likeness (QED) is 0.666. The molecule has 0 amide bonds. The van der Waals surface area contributed by atoms with Crippen LogP contribution < -0.4 is 5.32 Å². The second kappa shape index (κ2) is 7.58. The van der Waals surface area contributed by atoms with Crippen LogP contribution in [0.25, 0.3) is 0 Å². The Morgan fingerprint density at radius 2 is 1.72 bits per heavy atom. The van der Waals surface area contributed by atoms with Gasteiger partial charge in [0.05, 0.1) is 0 Å². The Balaban J connectivity index is 2.62. The first-order valence-corrected chi connectivity index (χ1v) is 7.35. The highest BCUT2D eigenvalue weighted by Gasteiger charge is 2.29. The van der Waals surface area contributed by atoms with Gasteiger partial charge in [0.15, 0.2) is 0 Å². The highest BCUT2D eigenvalue weighted by atomic mass is 14.9. The molecule has 1 aromatic carbocycles. The summed E-state index contributed by atoms with van der Waals surface area (Å²) in [6.07, 6.45) is 6.63. The van der Waals surface area contributed by atoms with Crippen LogP contribution in [0, 0.1) is 0 Å². The van der Waals surface area contributed by atoms with Gasteiger partial charge in [0, 0.05) is 11.5 Å². The van der Waals surface area contributed by atoms with Gasteiger partial charge < -0.3 is 5.32 Å². The lowest BCUT2D eigenvalue weighted by atomic mass is 9.76. The summed E-state index contributed by atoms with van der Waals surface area (Å²) in [4.78, 5) is 0. The number of unbranched alkanes of at least 4 members (excludes halogenated alkanes) is 3. The summed E-state index contributed by atoms with van der Waals surface area (Å²) >= 11 is 0. The van der Waals surface area contributed by atoms with Gasteiger partial charge in [-0.3, -0.25) is 0 Å². The molecule has 102 valence electrons. The number of rotatable bonds is 8. The second-order valence-corrected chi connectivity index (χ2v) is 5.78. The van der Waals surface area contributed by atoms with Crippen LogP contribution >= 0.6 is 0 Å². The van der Waals surface area contributed by atoms with Crippen LogP contribution in [0.3, 0.4) is 0 Å². The lowest BCUT2D eigenvalue weighted by Gasteiger charge is -2.35. The van der Waals surface area contributed by atoms with E-state index in [1.807, 2.05) is 0 Å². The fourth-order valence-corrected chi connectivity index (χ4v) is 2.71. The predicted molar refractivity (Wildman–Crippen MR) is 81.1 cm³/mol. The maximum atomic E-state index is 3.52. The van der Waals surface area contributed by atoms with Crippen LogP contribution in [-0.2, 0) is 5.41 Å². The van der Waals surface area contributed by atoms with Gasteiger partial charge >= 0.3 is 0 Å². The van der Waals surface area contributed by atoms with Crippen LogP contribution in [0.15, 0.2) is 30.3 Å². The fraction of sp³-hybridized carbons (Fsp3) is 0.647. The molecule has 0 fully saturated rings. The molecule has 18 heavy (non-hydrogen) atoms. The molecule has 0 radical (unpaired) electrons. The van der Waals surface area contributed by atoms with E-state index >= 15 is 0 Å². The molecule has 1 aromatic rings. The van der Waals surface area contributed by atoms with Gasteiger partial charge in [-0.2, -0.15) is 0 Å². The van der Waals surface area contributed by atoms with E-state index < -0.39 is 0 Å². The van der Waals surface area contributed by atoms with Gasteiger partial charge in [0.1, 0.15) is 0 Å². The summed E-state index contributed by atoms with van der Waals surface area (Å²) in [5, 5.41) is 3.52. The summed E-state index contributed by atoms with van der Waals surface area (Å²) < 4.78 is 0. The zero-order valence-electron chi connectivity index (χ0n) is 12.5. The molecule has 0 bridgehead atoms. The molecule has 1 unspecified atom stereocenters. The van der Waals surface area contributed by atoms with E-state index in [1.165, 1.54) is 37.7 Å². The summed E-state index contributed by atoms with van der Waals surface area (Å²) in [7, 11) is 2.09. The standard InChI is InChI=1S/C17H29N/c1-5-6-7-11-14-16(18-4)17(2,3)15-12-9-8-10-13-15/h8-10,12-13,16,18H,5-7,11,14H2,1-4H3. The monoisotopic (exact) mass is 247 g/mol. The summed E-state index contributed by atoms with van der Waals surface area (Å²) in [6.45, 7) is 6.97. The molecule has 0 aromatic heterocycles. The lowest BCUT2D eigenvalue weighted by molar-refractivity contribution is 0.330. The Bertz CT molecular complexity index is 316. The predicted octanol–water partition coefficient (Wildman–Crippen LogP) is 4.52. The van der Waals surface area contributed by atoms with E-state index in [9.17, 15) is 0 Å². The smallest absolute Gasteiger partial charge is 0.0156 e. The average Bonchev–Trinajstić information content (AvgIpc) is 2.39. The van der Waals surface area contributed by atoms with Crippen molar-refractivity contribution in [2.45, 2.75) is 64.3 Å². The average molecular weight is 247 g/mol.